The van der Waals surface area contributed by atoms with Gasteiger partial charge < -0.3 is 10.0 Å². The van der Waals surface area contributed by atoms with E-state index in [-0.39, 0.29) is 18.4 Å². The van der Waals surface area contributed by atoms with Crippen LogP contribution < -0.4 is 0 Å². The van der Waals surface area contributed by atoms with Crippen LogP contribution >= 0.6 is 0 Å². The quantitative estimate of drug-likeness (QED) is 0.800. The van der Waals surface area contributed by atoms with Gasteiger partial charge in [0.25, 0.3) is 5.91 Å². The Morgan fingerprint density at radius 3 is 2.64 bits per heavy atom. The van der Waals surface area contributed by atoms with Crippen LogP contribution in [0, 0.1) is 5.92 Å². The largest absolute Gasteiger partial charge is 0.396 e. The third-order valence-electron chi connectivity index (χ3n) is 4.85. The zero-order chi connectivity index (χ0) is 17.2. The number of nitrogens with zero attached hydrogens (tertiary/aromatic N) is 2. The fourth-order valence-electron chi connectivity index (χ4n) is 3.45. The smallest absolute Gasteiger partial charge is 0.254 e. The second kappa shape index (κ2) is 6.65. The van der Waals surface area contributed by atoms with Crippen molar-refractivity contribution in [3.8, 4) is 11.3 Å². The molecule has 0 radical (unpaired) electrons. The molecule has 0 spiro atoms. The zero-order valence-corrected chi connectivity index (χ0v) is 13.9. The van der Waals surface area contributed by atoms with E-state index in [9.17, 15) is 9.90 Å². The molecule has 1 saturated heterocycles. The minimum Gasteiger partial charge on any atom is -0.396 e. The van der Waals surface area contributed by atoms with Crippen LogP contribution in [-0.2, 0) is 0 Å². The molecule has 1 aliphatic heterocycles. The number of fused-ring (bicyclic) bond motifs is 1. The molecule has 1 aliphatic rings. The van der Waals surface area contributed by atoms with Crippen LogP contribution in [0.1, 0.15) is 16.8 Å². The Kier molecular flexibility index (Phi) is 4.20. The predicted molar refractivity (Wildman–Crippen MR) is 98.3 cm³/mol. The zero-order valence-electron chi connectivity index (χ0n) is 13.9. The van der Waals surface area contributed by atoms with Crippen molar-refractivity contribution in [1.82, 2.24) is 9.88 Å². The van der Waals surface area contributed by atoms with E-state index < -0.39 is 0 Å². The molecule has 126 valence electrons. The number of aliphatic hydroxyl groups is 1. The van der Waals surface area contributed by atoms with Crippen molar-refractivity contribution >= 4 is 16.8 Å². The molecule has 1 unspecified atom stereocenters. The average molecular weight is 332 g/mol. The van der Waals surface area contributed by atoms with Crippen LogP contribution in [0.4, 0.5) is 0 Å². The summed E-state index contributed by atoms with van der Waals surface area (Å²) >= 11 is 0. The van der Waals surface area contributed by atoms with Gasteiger partial charge in [0, 0.05) is 36.6 Å². The lowest BCUT2D eigenvalue weighted by Gasteiger charge is -2.18. The maximum Gasteiger partial charge on any atom is 0.254 e. The first-order chi connectivity index (χ1) is 12.3. The SMILES string of the molecule is O=C(c1cc(-c2ccccc2)nc2ccccc12)N1CCC(CO)C1. The summed E-state index contributed by atoms with van der Waals surface area (Å²) in [4.78, 5) is 19.7. The topological polar surface area (TPSA) is 53.4 Å². The Morgan fingerprint density at radius 2 is 1.88 bits per heavy atom. The highest BCUT2D eigenvalue weighted by atomic mass is 16.3. The number of hydrogen-bond donors (Lipinski definition) is 1. The molecule has 25 heavy (non-hydrogen) atoms. The Hall–Kier alpha value is -2.72. The summed E-state index contributed by atoms with van der Waals surface area (Å²) in [5.41, 5.74) is 3.31. The van der Waals surface area contributed by atoms with Crippen molar-refractivity contribution in [3.63, 3.8) is 0 Å². The monoisotopic (exact) mass is 332 g/mol. The van der Waals surface area contributed by atoms with E-state index in [0.29, 0.717) is 18.7 Å². The first kappa shape index (κ1) is 15.8. The second-order valence-corrected chi connectivity index (χ2v) is 6.53. The third-order valence-corrected chi connectivity index (χ3v) is 4.85. The van der Waals surface area contributed by atoms with Crippen molar-refractivity contribution in [2.75, 3.05) is 19.7 Å². The van der Waals surface area contributed by atoms with E-state index >= 15 is 0 Å². The van der Waals surface area contributed by atoms with Crippen molar-refractivity contribution in [2.24, 2.45) is 5.92 Å². The van der Waals surface area contributed by atoms with Crippen molar-refractivity contribution in [3.05, 3.63) is 66.2 Å². The van der Waals surface area contributed by atoms with E-state index in [1.165, 1.54) is 0 Å². The first-order valence-electron chi connectivity index (χ1n) is 8.61. The lowest BCUT2D eigenvalue weighted by atomic mass is 10.0. The van der Waals surface area contributed by atoms with Crippen LogP contribution in [-0.4, -0.2) is 40.6 Å². The van der Waals surface area contributed by atoms with E-state index in [2.05, 4.69) is 0 Å². The van der Waals surface area contributed by atoms with Gasteiger partial charge >= 0.3 is 0 Å². The number of rotatable bonds is 3. The van der Waals surface area contributed by atoms with Gasteiger partial charge in [-0.05, 0) is 18.6 Å². The minimum absolute atomic E-state index is 0.0201. The standard InChI is InChI=1S/C21H20N2O2/c24-14-15-10-11-23(13-15)21(25)18-12-20(16-6-2-1-3-7-16)22-19-9-5-4-8-17(18)19/h1-9,12,15,24H,10-11,13-14H2. The molecule has 2 aromatic carbocycles. The lowest BCUT2D eigenvalue weighted by Crippen LogP contribution is -2.29. The van der Waals surface area contributed by atoms with E-state index in [1.807, 2.05) is 65.6 Å². The van der Waals surface area contributed by atoms with Crippen LogP contribution in [0.2, 0.25) is 0 Å². The normalized spacial score (nSPS) is 17.2. The van der Waals surface area contributed by atoms with Crippen molar-refractivity contribution in [1.29, 1.82) is 0 Å². The van der Waals surface area contributed by atoms with Gasteiger partial charge in [-0.3, -0.25) is 4.79 Å². The maximum absolute atomic E-state index is 13.1. The number of para-hydroxylation sites is 1. The number of amides is 1. The fourth-order valence-corrected chi connectivity index (χ4v) is 3.45. The Morgan fingerprint density at radius 1 is 1.12 bits per heavy atom. The number of benzene rings is 2. The molecule has 3 aromatic rings. The van der Waals surface area contributed by atoms with E-state index in [4.69, 9.17) is 4.98 Å². The Bertz CT molecular complexity index is 908. The van der Waals surface area contributed by atoms with Gasteiger partial charge in [0.15, 0.2) is 0 Å². The van der Waals surface area contributed by atoms with Crippen molar-refractivity contribution in [2.45, 2.75) is 6.42 Å². The molecule has 0 bridgehead atoms. The minimum atomic E-state index is 0.0201. The summed E-state index contributed by atoms with van der Waals surface area (Å²) < 4.78 is 0. The number of likely N-dealkylation sites (tertiary alicyclic amines) is 1. The third kappa shape index (κ3) is 3.01. The summed E-state index contributed by atoms with van der Waals surface area (Å²) in [6, 6.07) is 19.6. The van der Waals surface area contributed by atoms with Crippen LogP contribution in [0.15, 0.2) is 60.7 Å². The van der Waals surface area contributed by atoms with Crippen LogP contribution in [0.25, 0.3) is 22.2 Å². The Labute approximate surface area is 146 Å². The molecule has 0 aliphatic carbocycles. The number of hydrogen-bond acceptors (Lipinski definition) is 3. The Balaban J connectivity index is 1.80. The molecule has 1 N–H and O–H groups in total. The molecule has 1 amide bonds. The van der Waals surface area contributed by atoms with E-state index in [1.54, 1.807) is 0 Å². The highest BCUT2D eigenvalue weighted by Crippen LogP contribution is 2.27. The number of aliphatic hydroxyl groups excluding tert-OH is 1. The summed E-state index contributed by atoms with van der Waals surface area (Å²) in [6.07, 6.45) is 0.858. The van der Waals surface area contributed by atoms with Gasteiger partial charge in [0.1, 0.15) is 0 Å². The van der Waals surface area contributed by atoms with Crippen LogP contribution in [0.5, 0.6) is 0 Å². The maximum atomic E-state index is 13.1. The number of pyridine rings is 1. The average Bonchev–Trinajstić information content (AvgIpc) is 3.16. The highest BCUT2D eigenvalue weighted by molar-refractivity contribution is 6.07. The summed E-state index contributed by atoms with van der Waals surface area (Å²) in [5.74, 6) is 0.206. The summed E-state index contributed by atoms with van der Waals surface area (Å²) in [6.45, 7) is 1.45. The first-order valence-corrected chi connectivity index (χ1v) is 8.61. The molecular formula is C21H20N2O2. The molecule has 1 atom stereocenters. The molecule has 2 heterocycles. The molecule has 1 aromatic heterocycles. The number of carbonyl (C=O) groups is 1. The molecule has 4 nitrogen and oxygen atoms in total. The molecule has 4 heteroatoms. The highest BCUT2D eigenvalue weighted by Gasteiger charge is 2.27. The fraction of sp³-hybridized carbons (Fsp3) is 0.238. The van der Waals surface area contributed by atoms with Gasteiger partial charge in [-0.15, -0.1) is 0 Å². The second-order valence-electron chi connectivity index (χ2n) is 6.53. The van der Waals surface area contributed by atoms with Crippen molar-refractivity contribution < 1.29 is 9.90 Å². The number of aromatic nitrogens is 1. The van der Waals surface area contributed by atoms with Gasteiger partial charge in [0.05, 0.1) is 16.8 Å². The molecule has 1 fully saturated rings. The van der Waals surface area contributed by atoms with Gasteiger partial charge in [-0.1, -0.05) is 48.5 Å². The van der Waals surface area contributed by atoms with Gasteiger partial charge in [-0.2, -0.15) is 0 Å². The van der Waals surface area contributed by atoms with Crippen LogP contribution in [0.3, 0.4) is 0 Å². The van der Waals surface area contributed by atoms with E-state index in [0.717, 1.165) is 28.6 Å². The van der Waals surface area contributed by atoms with Gasteiger partial charge in [-0.25, -0.2) is 4.98 Å². The summed E-state index contributed by atoms with van der Waals surface area (Å²) in [7, 11) is 0. The molecule has 0 saturated carbocycles. The number of carbonyl (C=O) groups excluding carboxylic acids is 1. The molecule has 4 rings (SSSR count). The molecular weight excluding hydrogens is 312 g/mol. The van der Waals surface area contributed by atoms with Gasteiger partial charge in [0.2, 0.25) is 0 Å². The summed E-state index contributed by atoms with van der Waals surface area (Å²) in [5, 5.41) is 10.2. The lowest BCUT2D eigenvalue weighted by molar-refractivity contribution is 0.0784. The predicted octanol–water partition coefficient (Wildman–Crippen LogP) is 3.36.